The largest absolute Gasteiger partial charge is 0.392 e. The average molecular weight is 288 g/mol. The van der Waals surface area contributed by atoms with Crippen molar-refractivity contribution in [2.24, 2.45) is 35.5 Å². The van der Waals surface area contributed by atoms with Gasteiger partial charge < -0.3 is 5.11 Å². The molecular weight excluding hydrogens is 256 g/mol. The Kier molecular flexibility index (Phi) is 5.48. The summed E-state index contributed by atoms with van der Waals surface area (Å²) in [6.07, 6.45) is 11.8. The molecule has 2 rings (SSSR count). The number of hydrogen-bond acceptors (Lipinski definition) is 1. The number of hydrogen-bond donors (Lipinski definition) is 1. The van der Waals surface area contributed by atoms with Gasteiger partial charge in [-0.15, -0.1) is 0 Å². The third-order valence-corrected chi connectivity index (χ3v) is 6.02. The first-order chi connectivity index (χ1) is 10.0. The highest BCUT2D eigenvalue weighted by atomic mass is 16.2. The molecule has 21 heavy (non-hydrogen) atoms. The van der Waals surface area contributed by atoms with E-state index in [1.165, 1.54) is 24.0 Å². The highest BCUT2D eigenvalue weighted by Gasteiger charge is 2.44. The molecule has 0 bridgehead atoms. The molecule has 1 saturated carbocycles. The van der Waals surface area contributed by atoms with Crippen LogP contribution in [-0.2, 0) is 0 Å². The molecule has 1 N–H and O–H groups in total. The van der Waals surface area contributed by atoms with Crippen molar-refractivity contribution in [3.8, 4) is 0 Å². The fourth-order valence-electron chi connectivity index (χ4n) is 4.81. The van der Waals surface area contributed by atoms with Crippen LogP contribution in [0.2, 0.25) is 0 Å². The van der Waals surface area contributed by atoms with Crippen molar-refractivity contribution >= 4 is 0 Å². The first kappa shape index (κ1) is 16.5. The summed E-state index contributed by atoms with van der Waals surface area (Å²) >= 11 is 0. The Morgan fingerprint density at radius 1 is 1.29 bits per heavy atom. The van der Waals surface area contributed by atoms with Gasteiger partial charge in [0.1, 0.15) is 0 Å². The van der Waals surface area contributed by atoms with E-state index in [0.29, 0.717) is 17.8 Å². The highest BCUT2D eigenvalue weighted by Crippen LogP contribution is 2.52. The number of aliphatic hydroxyl groups excluding tert-OH is 1. The predicted molar refractivity (Wildman–Crippen MR) is 90.9 cm³/mol. The zero-order valence-electron chi connectivity index (χ0n) is 14.3. The monoisotopic (exact) mass is 288 g/mol. The molecule has 2 aliphatic carbocycles. The molecule has 0 aromatic heterocycles. The molecule has 1 nitrogen and oxygen atoms in total. The normalized spacial score (nSPS) is 41.0. The molecule has 0 heterocycles. The molecule has 0 unspecified atom stereocenters. The van der Waals surface area contributed by atoms with Crippen molar-refractivity contribution in [2.75, 3.05) is 6.61 Å². The zero-order valence-corrected chi connectivity index (χ0v) is 14.3. The Bertz CT molecular complexity index is 443. The van der Waals surface area contributed by atoms with E-state index in [4.69, 9.17) is 0 Å². The smallest absolute Gasteiger partial charge is 0.0612 e. The first-order valence-electron chi connectivity index (χ1n) is 8.59. The van der Waals surface area contributed by atoms with Gasteiger partial charge in [-0.25, -0.2) is 0 Å². The maximum Gasteiger partial charge on any atom is 0.0612 e. The van der Waals surface area contributed by atoms with Gasteiger partial charge in [0.2, 0.25) is 0 Å². The van der Waals surface area contributed by atoms with Crippen molar-refractivity contribution in [1.82, 2.24) is 0 Å². The SMILES string of the molecule is C/C=C(/C)[C@@H]1C(C)=C[C@@H]2[C@H]([C@@H]1/C=C/CO)[C@@H](C)CC[C@@H]2C. The summed E-state index contributed by atoms with van der Waals surface area (Å²) in [5.74, 6) is 4.06. The summed E-state index contributed by atoms with van der Waals surface area (Å²) in [6.45, 7) is 11.7. The lowest BCUT2D eigenvalue weighted by atomic mass is 9.55. The maximum absolute atomic E-state index is 9.24. The molecule has 1 heteroatoms. The van der Waals surface area contributed by atoms with Crippen molar-refractivity contribution in [3.05, 3.63) is 35.5 Å². The van der Waals surface area contributed by atoms with E-state index in [9.17, 15) is 5.11 Å². The Hall–Kier alpha value is -0.820. The van der Waals surface area contributed by atoms with Gasteiger partial charge >= 0.3 is 0 Å². The third-order valence-electron chi connectivity index (χ3n) is 6.02. The van der Waals surface area contributed by atoms with Crippen LogP contribution < -0.4 is 0 Å². The van der Waals surface area contributed by atoms with E-state index in [-0.39, 0.29) is 6.61 Å². The third kappa shape index (κ3) is 3.18. The van der Waals surface area contributed by atoms with Crippen LogP contribution in [0.25, 0.3) is 0 Å². The van der Waals surface area contributed by atoms with Crippen LogP contribution in [0.4, 0.5) is 0 Å². The minimum absolute atomic E-state index is 0.155. The standard InChI is InChI=1S/C20H32O/c1-6-13(2)19-16(5)12-18-14(3)9-10-15(4)20(18)17(19)8-7-11-21/h6-8,12,14-15,17-21H,9-11H2,1-5H3/b8-7+,13-6-/t14-,15-,17+,18-,19+,20-/m0/s1. The second-order valence-electron chi connectivity index (χ2n) is 7.30. The number of allylic oxidation sites excluding steroid dienone is 5. The van der Waals surface area contributed by atoms with E-state index in [0.717, 1.165) is 17.8 Å². The Balaban J connectivity index is 2.46. The summed E-state index contributed by atoms with van der Waals surface area (Å²) < 4.78 is 0. The lowest BCUT2D eigenvalue weighted by Crippen LogP contribution is -2.42. The summed E-state index contributed by atoms with van der Waals surface area (Å²) in [4.78, 5) is 0. The van der Waals surface area contributed by atoms with Crippen LogP contribution in [0.1, 0.15) is 47.5 Å². The molecule has 0 radical (unpaired) electrons. The van der Waals surface area contributed by atoms with E-state index in [2.05, 4.69) is 52.8 Å². The lowest BCUT2D eigenvalue weighted by Gasteiger charge is -2.49. The van der Waals surface area contributed by atoms with Gasteiger partial charge in [-0.2, -0.15) is 0 Å². The van der Waals surface area contributed by atoms with Crippen molar-refractivity contribution in [1.29, 1.82) is 0 Å². The molecule has 0 aliphatic heterocycles. The summed E-state index contributed by atoms with van der Waals surface area (Å²) in [6, 6.07) is 0. The minimum atomic E-state index is 0.155. The quantitative estimate of drug-likeness (QED) is 0.725. The summed E-state index contributed by atoms with van der Waals surface area (Å²) in [5.41, 5.74) is 3.00. The van der Waals surface area contributed by atoms with Crippen LogP contribution in [0.3, 0.4) is 0 Å². The maximum atomic E-state index is 9.24. The van der Waals surface area contributed by atoms with Crippen LogP contribution in [0.5, 0.6) is 0 Å². The molecule has 0 spiro atoms. The van der Waals surface area contributed by atoms with Gasteiger partial charge in [0.15, 0.2) is 0 Å². The Morgan fingerprint density at radius 3 is 2.57 bits per heavy atom. The van der Waals surface area contributed by atoms with Crippen molar-refractivity contribution < 1.29 is 5.11 Å². The van der Waals surface area contributed by atoms with Crippen LogP contribution >= 0.6 is 0 Å². The molecule has 0 amide bonds. The molecule has 0 aromatic carbocycles. The Labute approximate surface area is 130 Å². The van der Waals surface area contributed by atoms with Gasteiger partial charge in [0, 0.05) is 5.92 Å². The van der Waals surface area contributed by atoms with Gasteiger partial charge in [-0.05, 0) is 56.8 Å². The fourth-order valence-corrected chi connectivity index (χ4v) is 4.81. The van der Waals surface area contributed by atoms with E-state index < -0.39 is 0 Å². The molecule has 0 saturated heterocycles. The molecule has 6 atom stereocenters. The predicted octanol–water partition coefficient (Wildman–Crippen LogP) is 4.99. The van der Waals surface area contributed by atoms with E-state index in [1.807, 2.05) is 6.08 Å². The van der Waals surface area contributed by atoms with E-state index in [1.54, 1.807) is 0 Å². The van der Waals surface area contributed by atoms with E-state index >= 15 is 0 Å². The Morgan fingerprint density at radius 2 is 1.95 bits per heavy atom. The van der Waals surface area contributed by atoms with Gasteiger partial charge in [0.25, 0.3) is 0 Å². The second-order valence-corrected chi connectivity index (χ2v) is 7.30. The number of aliphatic hydroxyl groups is 1. The molecule has 118 valence electrons. The van der Waals surface area contributed by atoms with Gasteiger partial charge in [-0.3, -0.25) is 0 Å². The molecular formula is C20H32O. The van der Waals surface area contributed by atoms with Gasteiger partial charge in [-0.1, -0.05) is 55.7 Å². The molecule has 2 aliphatic rings. The zero-order chi connectivity index (χ0) is 15.6. The number of fused-ring (bicyclic) bond motifs is 1. The lowest BCUT2D eigenvalue weighted by molar-refractivity contribution is 0.0801. The van der Waals surface area contributed by atoms with Crippen molar-refractivity contribution in [3.63, 3.8) is 0 Å². The second kappa shape index (κ2) is 6.96. The number of rotatable bonds is 3. The van der Waals surface area contributed by atoms with Crippen LogP contribution in [0.15, 0.2) is 35.5 Å². The van der Waals surface area contributed by atoms with Crippen molar-refractivity contribution in [2.45, 2.75) is 47.5 Å². The summed E-state index contributed by atoms with van der Waals surface area (Å²) in [5, 5.41) is 9.24. The minimum Gasteiger partial charge on any atom is -0.392 e. The highest BCUT2D eigenvalue weighted by molar-refractivity contribution is 5.28. The summed E-state index contributed by atoms with van der Waals surface area (Å²) in [7, 11) is 0. The molecule has 1 fully saturated rings. The first-order valence-corrected chi connectivity index (χ1v) is 8.59. The van der Waals surface area contributed by atoms with Gasteiger partial charge in [0.05, 0.1) is 6.61 Å². The van der Waals surface area contributed by atoms with Crippen LogP contribution in [-0.4, -0.2) is 11.7 Å². The molecule has 0 aromatic rings. The van der Waals surface area contributed by atoms with Crippen LogP contribution in [0, 0.1) is 35.5 Å². The topological polar surface area (TPSA) is 20.2 Å². The average Bonchev–Trinajstić information content (AvgIpc) is 2.47. The fraction of sp³-hybridized carbons (Fsp3) is 0.700.